The van der Waals surface area contributed by atoms with Gasteiger partial charge in [0.15, 0.2) is 0 Å². The molecule has 0 atom stereocenters. The maximum absolute atomic E-state index is 11.2. The molecule has 1 spiro atoms. The van der Waals surface area contributed by atoms with Crippen LogP contribution in [0.15, 0.2) is 0 Å². The second-order valence-electron chi connectivity index (χ2n) is 5.72. The highest BCUT2D eigenvalue weighted by molar-refractivity contribution is 5.73. The first kappa shape index (κ1) is 11.9. The monoisotopic (exact) mass is 225 g/mol. The van der Waals surface area contributed by atoms with Crippen LogP contribution < -0.4 is 0 Å². The Balaban J connectivity index is 1.76. The molecule has 16 heavy (non-hydrogen) atoms. The van der Waals surface area contributed by atoms with E-state index in [1.54, 1.807) is 6.92 Å². The van der Waals surface area contributed by atoms with Crippen LogP contribution in [0.5, 0.6) is 0 Å². The molecule has 0 radical (unpaired) electrons. The van der Waals surface area contributed by atoms with Gasteiger partial charge in [-0.2, -0.15) is 0 Å². The maximum Gasteiger partial charge on any atom is 0.219 e. The number of ether oxygens (including phenoxy) is 1. The highest BCUT2D eigenvalue weighted by Crippen LogP contribution is 2.50. The normalized spacial score (nSPS) is 24.9. The van der Waals surface area contributed by atoms with Crippen molar-refractivity contribution in [2.45, 2.75) is 58.7 Å². The molecular weight excluding hydrogens is 202 g/mol. The zero-order chi connectivity index (χ0) is 11.8. The lowest BCUT2D eigenvalue weighted by Gasteiger charge is -2.52. The predicted octanol–water partition coefficient (Wildman–Crippen LogP) is 2.20. The fourth-order valence-electron chi connectivity index (χ4n) is 3.09. The minimum atomic E-state index is 0.226. The molecule has 1 aliphatic heterocycles. The molecule has 3 nitrogen and oxygen atoms in total. The van der Waals surface area contributed by atoms with Crippen LogP contribution in [0.2, 0.25) is 0 Å². The van der Waals surface area contributed by atoms with Gasteiger partial charge in [-0.25, -0.2) is 0 Å². The fourth-order valence-corrected chi connectivity index (χ4v) is 3.09. The Morgan fingerprint density at radius 1 is 1.31 bits per heavy atom. The molecule has 3 heteroatoms. The molecule has 0 N–H and O–H groups in total. The Labute approximate surface area is 98.1 Å². The number of hydrogen-bond acceptors (Lipinski definition) is 2. The molecule has 0 unspecified atom stereocenters. The molecular formula is C13H23NO2. The zero-order valence-corrected chi connectivity index (χ0v) is 10.7. The molecule has 1 heterocycles. The first-order valence-corrected chi connectivity index (χ1v) is 6.42. The lowest BCUT2D eigenvalue weighted by atomic mass is 9.61. The maximum atomic E-state index is 11.2. The van der Waals surface area contributed by atoms with Gasteiger partial charge in [0.1, 0.15) is 0 Å². The summed E-state index contributed by atoms with van der Waals surface area (Å²) in [6.45, 7) is 7.77. The van der Waals surface area contributed by atoms with Crippen LogP contribution in [0, 0.1) is 5.41 Å². The minimum Gasteiger partial charge on any atom is -0.376 e. The fraction of sp³-hybridized carbons (Fsp3) is 0.923. The van der Waals surface area contributed by atoms with Crippen molar-refractivity contribution in [2.75, 3.05) is 13.1 Å². The van der Waals surface area contributed by atoms with Crippen LogP contribution in [0.25, 0.3) is 0 Å². The van der Waals surface area contributed by atoms with Crippen LogP contribution in [-0.4, -0.2) is 36.1 Å². The standard InChI is InChI=1S/C13H23NO2/c1-10(2)16-12-8-13(9-12)4-6-14(7-5-13)11(3)15/h10,12H,4-9H2,1-3H3. The summed E-state index contributed by atoms with van der Waals surface area (Å²) < 4.78 is 5.81. The molecule has 2 fully saturated rings. The largest absolute Gasteiger partial charge is 0.376 e. The summed E-state index contributed by atoms with van der Waals surface area (Å²) in [7, 11) is 0. The van der Waals surface area contributed by atoms with Crippen molar-refractivity contribution in [3.05, 3.63) is 0 Å². The number of likely N-dealkylation sites (tertiary alicyclic amines) is 1. The smallest absolute Gasteiger partial charge is 0.219 e. The number of amides is 1. The van der Waals surface area contributed by atoms with E-state index in [-0.39, 0.29) is 5.91 Å². The molecule has 2 aliphatic rings. The first-order chi connectivity index (χ1) is 7.51. The molecule has 0 aromatic carbocycles. The Hall–Kier alpha value is -0.570. The predicted molar refractivity (Wildman–Crippen MR) is 63.2 cm³/mol. The second-order valence-corrected chi connectivity index (χ2v) is 5.72. The van der Waals surface area contributed by atoms with E-state index in [4.69, 9.17) is 4.74 Å². The Morgan fingerprint density at radius 3 is 2.31 bits per heavy atom. The number of hydrogen-bond donors (Lipinski definition) is 0. The van der Waals surface area contributed by atoms with E-state index in [1.807, 2.05) is 4.90 Å². The van der Waals surface area contributed by atoms with Crippen molar-refractivity contribution in [1.29, 1.82) is 0 Å². The molecule has 1 amide bonds. The quantitative estimate of drug-likeness (QED) is 0.721. The Kier molecular flexibility index (Phi) is 3.24. The summed E-state index contributed by atoms with van der Waals surface area (Å²) in [6.07, 6.45) is 5.58. The molecule has 0 aromatic heterocycles. The van der Waals surface area contributed by atoms with Crippen molar-refractivity contribution in [1.82, 2.24) is 4.90 Å². The lowest BCUT2D eigenvalue weighted by Crippen LogP contribution is -2.51. The third kappa shape index (κ3) is 2.40. The Morgan fingerprint density at radius 2 is 1.88 bits per heavy atom. The highest BCUT2D eigenvalue weighted by atomic mass is 16.5. The average molecular weight is 225 g/mol. The number of rotatable bonds is 2. The van der Waals surface area contributed by atoms with E-state index in [0.717, 1.165) is 13.1 Å². The summed E-state index contributed by atoms with van der Waals surface area (Å²) in [5, 5.41) is 0. The highest BCUT2D eigenvalue weighted by Gasteiger charge is 2.46. The summed E-state index contributed by atoms with van der Waals surface area (Å²) in [5.74, 6) is 0.226. The number of nitrogens with zero attached hydrogens (tertiary/aromatic N) is 1. The SMILES string of the molecule is CC(=O)N1CCC2(CC1)CC(OC(C)C)C2. The average Bonchev–Trinajstić information content (AvgIpc) is 2.15. The third-order valence-corrected chi connectivity index (χ3v) is 4.06. The van der Waals surface area contributed by atoms with E-state index in [1.165, 1.54) is 25.7 Å². The van der Waals surface area contributed by atoms with Gasteiger partial charge in [-0.1, -0.05) is 0 Å². The molecule has 2 rings (SSSR count). The summed E-state index contributed by atoms with van der Waals surface area (Å²) in [5.41, 5.74) is 0.505. The summed E-state index contributed by atoms with van der Waals surface area (Å²) in [6, 6.07) is 0. The third-order valence-electron chi connectivity index (χ3n) is 4.06. The van der Waals surface area contributed by atoms with E-state index < -0.39 is 0 Å². The van der Waals surface area contributed by atoms with Crippen LogP contribution >= 0.6 is 0 Å². The first-order valence-electron chi connectivity index (χ1n) is 6.42. The number of carbonyl (C=O) groups excluding carboxylic acids is 1. The van der Waals surface area contributed by atoms with Crippen molar-refractivity contribution in [3.63, 3.8) is 0 Å². The van der Waals surface area contributed by atoms with Gasteiger partial charge in [0.05, 0.1) is 12.2 Å². The summed E-state index contributed by atoms with van der Waals surface area (Å²) in [4.78, 5) is 13.2. The van der Waals surface area contributed by atoms with E-state index in [2.05, 4.69) is 13.8 Å². The molecule has 1 saturated carbocycles. The summed E-state index contributed by atoms with van der Waals surface area (Å²) >= 11 is 0. The number of carbonyl (C=O) groups is 1. The van der Waals surface area contributed by atoms with Gasteiger partial charge < -0.3 is 9.64 Å². The molecule has 1 aliphatic carbocycles. The topological polar surface area (TPSA) is 29.5 Å². The van der Waals surface area contributed by atoms with Gasteiger partial charge in [0.25, 0.3) is 0 Å². The Bertz CT molecular complexity index is 259. The molecule has 0 aromatic rings. The minimum absolute atomic E-state index is 0.226. The van der Waals surface area contributed by atoms with Gasteiger partial charge in [0, 0.05) is 20.0 Å². The van der Waals surface area contributed by atoms with Crippen molar-refractivity contribution in [3.8, 4) is 0 Å². The lowest BCUT2D eigenvalue weighted by molar-refractivity contribution is -0.141. The molecule has 92 valence electrons. The van der Waals surface area contributed by atoms with Crippen LogP contribution in [0.3, 0.4) is 0 Å². The van der Waals surface area contributed by atoms with E-state index in [9.17, 15) is 4.79 Å². The van der Waals surface area contributed by atoms with Crippen LogP contribution in [-0.2, 0) is 9.53 Å². The second kappa shape index (κ2) is 4.36. The van der Waals surface area contributed by atoms with Gasteiger partial charge in [-0.05, 0) is 44.9 Å². The van der Waals surface area contributed by atoms with Crippen molar-refractivity contribution < 1.29 is 9.53 Å². The van der Waals surface area contributed by atoms with Gasteiger partial charge >= 0.3 is 0 Å². The van der Waals surface area contributed by atoms with Crippen molar-refractivity contribution >= 4 is 5.91 Å². The zero-order valence-electron chi connectivity index (χ0n) is 10.7. The number of piperidine rings is 1. The van der Waals surface area contributed by atoms with Gasteiger partial charge in [0.2, 0.25) is 5.91 Å². The molecule has 1 saturated heterocycles. The van der Waals surface area contributed by atoms with Gasteiger partial charge in [-0.15, -0.1) is 0 Å². The molecule has 0 bridgehead atoms. The van der Waals surface area contributed by atoms with Crippen LogP contribution in [0.4, 0.5) is 0 Å². The van der Waals surface area contributed by atoms with E-state index in [0.29, 0.717) is 17.6 Å². The van der Waals surface area contributed by atoms with Crippen molar-refractivity contribution in [2.24, 2.45) is 5.41 Å². The van der Waals surface area contributed by atoms with E-state index >= 15 is 0 Å². The van der Waals surface area contributed by atoms with Gasteiger partial charge in [-0.3, -0.25) is 4.79 Å². The van der Waals surface area contributed by atoms with Crippen LogP contribution in [0.1, 0.15) is 46.5 Å².